The monoisotopic (exact) mass is 228 g/mol. The second-order valence-electron chi connectivity index (χ2n) is 3.94. The van der Waals surface area contributed by atoms with Crippen molar-refractivity contribution < 1.29 is 9.59 Å². The molecule has 0 bridgehead atoms. The number of hydrogen-bond donors (Lipinski definition) is 4. The molecule has 4 N–H and O–H groups in total. The number of rotatable bonds is 2. The van der Waals surface area contributed by atoms with Gasteiger partial charge in [0, 0.05) is 14.1 Å². The molecule has 1 aliphatic rings. The van der Waals surface area contributed by atoms with Crippen molar-refractivity contribution in [1.82, 2.24) is 21.3 Å². The Balaban J connectivity index is 2.49. The van der Waals surface area contributed by atoms with Crippen molar-refractivity contribution in [3.63, 3.8) is 0 Å². The van der Waals surface area contributed by atoms with Crippen LogP contribution in [-0.2, 0) is 0 Å². The average molecular weight is 228 g/mol. The van der Waals surface area contributed by atoms with E-state index in [-0.39, 0.29) is 24.1 Å². The molecule has 0 aliphatic heterocycles. The van der Waals surface area contributed by atoms with Gasteiger partial charge in [0.1, 0.15) is 0 Å². The maximum absolute atomic E-state index is 11.2. The van der Waals surface area contributed by atoms with Crippen LogP contribution >= 0.6 is 0 Å². The van der Waals surface area contributed by atoms with Crippen molar-refractivity contribution >= 4 is 12.1 Å². The van der Waals surface area contributed by atoms with Gasteiger partial charge in [0.15, 0.2) is 0 Å². The lowest BCUT2D eigenvalue weighted by molar-refractivity contribution is 0.215. The summed E-state index contributed by atoms with van der Waals surface area (Å²) in [5.41, 5.74) is 0. The number of hydrogen-bond acceptors (Lipinski definition) is 2. The zero-order chi connectivity index (χ0) is 12.0. The van der Waals surface area contributed by atoms with E-state index in [0.29, 0.717) is 0 Å². The Labute approximate surface area is 95.5 Å². The SMILES string of the molecule is CNC(=O)N[C@@H]1CCCC[C@H]1NC(=O)NC. The molecule has 0 radical (unpaired) electrons. The Kier molecular flexibility index (Phi) is 4.88. The summed E-state index contributed by atoms with van der Waals surface area (Å²) in [7, 11) is 3.17. The maximum Gasteiger partial charge on any atom is 0.314 e. The van der Waals surface area contributed by atoms with Gasteiger partial charge in [0.25, 0.3) is 0 Å². The predicted molar refractivity (Wildman–Crippen MR) is 61.2 cm³/mol. The Morgan fingerprint density at radius 1 is 0.875 bits per heavy atom. The highest BCUT2D eigenvalue weighted by molar-refractivity contribution is 5.75. The van der Waals surface area contributed by atoms with Crippen LogP contribution < -0.4 is 21.3 Å². The molecule has 4 amide bonds. The Bertz CT molecular complexity index is 231. The Morgan fingerprint density at radius 2 is 1.25 bits per heavy atom. The third-order valence-electron chi connectivity index (χ3n) is 2.85. The summed E-state index contributed by atoms with van der Waals surface area (Å²) >= 11 is 0. The normalized spacial score (nSPS) is 24.4. The summed E-state index contributed by atoms with van der Waals surface area (Å²) in [5.74, 6) is 0. The van der Waals surface area contributed by atoms with Crippen LogP contribution in [0.1, 0.15) is 25.7 Å². The molecule has 6 heteroatoms. The van der Waals surface area contributed by atoms with E-state index < -0.39 is 0 Å². The Morgan fingerprint density at radius 3 is 1.56 bits per heavy atom. The molecule has 0 unspecified atom stereocenters. The van der Waals surface area contributed by atoms with Gasteiger partial charge in [-0.25, -0.2) is 9.59 Å². The van der Waals surface area contributed by atoms with Crippen molar-refractivity contribution in [2.24, 2.45) is 0 Å². The van der Waals surface area contributed by atoms with E-state index in [1.165, 1.54) is 0 Å². The number of carbonyl (C=O) groups is 2. The molecule has 1 rings (SSSR count). The fourth-order valence-electron chi connectivity index (χ4n) is 1.96. The standard InChI is InChI=1S/C10H20N4O2/c1-11-9(15)13-7-5-3-4-6-8(7)14-10(16)12-2/h7-8H,3-6H2,1-2H3,(H2,11,13,15)(H2,12,14,16)/t7-,8-/m1/s1. The molecule has 2 atom stereocenters. The van der Waals surface area contributed by atoms with Crippen molar-refractivity contribution in [2.75, 3.05) is 14.1 Å². The highest BCUT2D eigenvalue weighted by Gasteiger charge is 2.27. The smallest absolute Gasteiger partial charge is 0.314 e. The van der Waals surface area contributed by atoms with Crippen molar-refractivity contribution in [1.29, 1.82) is 0 Å². The maximum atomic E-state index is 11.2. The van der Waals surface area contributed by atoms with Gasteiger partial charge in [-0.1, -0.05) is 12.8 Å². The molecule has 1 fully saturated rings. The van der Waals surface area contributed by atoms with Gasteiger partial charge in [-0.2, -0.15) is 0 Å². The number of amides is 4. The lowest BCUT2D eigenvalue weighted by atomic mass is 9.90. The highest BCUT2D eigenvalue weighted by atomic mass is 16.2. The minimum atomic E-state index is -0.199. The first-order chi connectivity index (χ1) is 7.67. The van der Waals surface area contributed by atoms with Crippen LogP contribution in [0.3, 0.4) is 0 Å². The third kappa shape index (κ3) is 3.60. The number of urea groups is 2. The second kappa shape index (κ2) is 6.19. The van der Waals surface area contributed by atoms with Gasteiger partial charge >= 0.3 is 12.1 Å². The molecule has 1 aliphatic carbocycles. The average Bonchev–Trinajstić information content (AvgIpc) is 2.31. The lowest BCUT2D eigenvalue weighted by Gasteiger charge is -2.32. The van der Waals surface area contributed by atoms with Gasteiger partial charge in [-0.05, 0) is 12.8 Å². The summed E-state index contributed by atoms with van der Waals surface area (Å²) in [6, 6.07) is -0.358. The molecule has 0 spiro atoms. The summed E-state index contributed by atoms with van der Waals surface area (Å²) in [6.07, 6.45) is 3.98. The molecule has 0 saturated heterocycles. The predicted octanol–water partition coefficient (Wildman–Crippen LogP) is 0.156. The minimum Gasteiger partial charge on any atom is -0.341 e. The molecule has 0 aromatic carbocycles. The lowest BCUT2D eigenvalue weighted by Crippen LogP contribution is -2.56. The second-order valence-corrected chi connectivity index (χ2v) is 3.94. The van der Waals surface area contributed by atoms with Gasteiger partial charge in [-0.15, -0.1) is 0 Å². The van der Waals surface area contributed by atoms with Gasteiger partial charge in [-0.3, -0.25) is 0 Å². The summed E-state index contributed by atoms with van der Waals surface area (Å²) in [5, 5.41) is 10.8. The van der Waals surface area contributed by atoms with Crippen LogP contribution in [0.25, 0.3) is 0 Å². The largest absolute Gasteiger partial charge is 0.341 e. The first-order valence-corrected chi connectivity index (χ1v) is 5.64. The number of nitrogens with one attached hydrogen (secondary N) is 4. The van der Waals surface area contributed by atoms with Gasteiger partial charge in [0.05, 0.1) is 12.1 Å². The van der Waals surface area contributed by atoms with E-state index in [4.69, 9.17) is 0 Å². The third-order valence-corrected chi connectivity index (χ3v) is 2.85. The van der Waals surface area contributed by atoms with Crippen LogP contribution in [-0.4, -0.2) is 38.2 Å². The van der Waals surface area contributed by atoms with Gasteiger partial charge < -0.3 is 21.3 Å². The van der Waals surface area contributed by atoms with Crippen LogP contribution in [0.4, 0.5) is 9.59 Å². The molecule has 1 saturated carbocycles. The van der Waals surface area contributed by atoms with E-state index in [9.17, 15) is 9.59 Å². The van der Waals surface area contributed by atoms with Crippen LogP contribution in [0.2, 0.25) is 0 Å². The summed E-state index contributed by atoms with van der Waals surface area (Å²) in [6.45, 7) is 0. The fraction of sp³-hybridized carbons (Fsp3) is 0.800. The first-order valence-electron chi connectivity index (χ1n) is 5.64. The van der Waals surface area contributed by atoms with Crippen LogP contribution in [0, 0.1) is 0 Å². The quantitative estimate of drug-likeness (QED) is 0.543. The molecule has 0 aromatic rings. The van der Waals surface area contributed by atoms with Crippen LogP contribution in [0.5, 0.6) is 0 Å². The molecule has 6 nitrogen and oxygen atoms in total. The van der Waals surface area contributed by atoms with Crippen molar-refractivity contribution in [2.45, 2.75) is 37.8 Å². The molecule has 16 heavy (non-hydrogen) atoms. The van der Waals surface area contributed by atoms with Gasteiger partial charge in [0.2, 0.25) is 0 Å². The van der Waals surface area contributed by atoms with E-state index in [0.717, 1.165) is 25.7 Å². The van der Waals surface area contributed by atoms with Crippen molar-refractivity contribution in [3.05, 3.63) is 0 Å². The molecule has 0 heterocycles. The summed E-state index contributed by atoms with van der Waals surface area (Å²) in [4.78, 5) is 22.5. The minimum absolute atomic E-state index is 0.0194. The van der Waals surface area contributed by atoms with Crippen LogP contribution in [0.15, 0.2) is 0 Å². The summed E-state index contributed by atoms with van der Waals surface area (Å²) < 4.78 is 0. The molecular formula is C10H20N4O2. The van der Waals surface area contributed by atoms with E-state index in [2.05, 4.69) is 21.3 Å². The van der Waals surface area contributed by atoms with E-state index in [1.807, 2.05) is 0 Å². The topological polar surface area (TPSA) is 82.3 Å². The molecule has 92 valence electrons. The van der Waals surface area contributed by atoms with Crippen molar-refractivity contribution in [3.8, 4) is 0 Å². The zero-order valence-corrected chi connectivity index (χ0v) is 9.80. The molecular weight excluding hydrogens is 208 g/mol. The Hall–Kier alpha value is -1.46. The first kappa shape index (κ1) is 12.6. The zero-order valence-electron chi connectivity index (χ0n) is 9.80. The van der Waals surface area contributed by atoms with E-state index >= 15 is 0 Å². The van der Waals surface area contributed by atoms with E-state index in [1.54, 1.807) is 14.1 Å². The number of carbonyl (C=O) groups excluding carboxylic acids is 2. The fourth-order valence-corrected chi connectivity index (χ4v) is 1.96. The molecule has 0 aromatic heterocycles. The highest BCUT2D eigenvalue weighted by Crippen LogP contribution is 2.18.